The van der Waals surface area contributed by atoms with Crippen molar-refractivity contribution in [1.29, 1.82) is 0 Å². The number of carbonyl (C=O) groups excluding carboxylic acids is 1. The molecule has 3 aliphatic carbocycles. The smallest absolute Gasteiger partial charge is 0.226 e. The summed E-state index contributed by atoms with van der Waals surface area (Å²) in [5.74, 6) is 2.70. The zero-order valence-electron chi connectivity index (χ0n) is 20.7. The Labute approximate surface area is 208 Å². The largest absolute Gasteiger partial charge is 0.396 e. The second-order valence-corrected chi connectivity index (χ2v) is 13.3. The third kappa shape index (κ3) is 4.59. The van der Waals surface area contributed by atoms with Gasteiger partial charge in [-0.25, -0.2) is 13.4 Å². The van der Waals surface area contributed by atoms with Crippen LogP contribution < -0.4 is 15.5 Å². The zero-order chi connectivity index (χ0) is 24.3. The molecule has 0 radical (unpaired) electrons. The Balaban J connectivity index is 1.22. The fourth-order valence-electron chi connectivity index (χ4n) is 5.80. The summed E-state index contributed by atoms with van der Waals surface area (Å²) < 4.78 is 26.2. The van der Waals surface area contributed by atoms with Crippen LogP contribution in [-0.2, 0) is 14.8 Å². The van der Waals surface area contributed by atoms with Gasteiger partial charge in [0, 0.05) is 57.6 Å². The fraction of sp³-hybridized carbons (Fsp3) is 0.760. The molecule has 2 N–H and O–H groups in total. The van der Waals surface area contributed by atoms with Crippen LogP contribution >= 0.6 is 0 Å². The van der Waals surface area contributed by atoms with Gasteiger partial charge in [-0.2, -0.15) is 4.31 Å². The highest BCUT2D eigenvalue weighted by molar-refractivity contribution is 7.89. The highest BCUT2D eigenvalue weighted by Gasteiger charge is 2.45. The van der Waals surface area contributed by atoms with Crippen molar-refractivity contribution in [3.05, 3.63) is 11.8 Å². The Bertz CT molecular complexity index is 1090. The molecule has 1 aromatic heterocycles. The molecule has 0 unspecified atom stereocenters. The van der Waals surface area contributed by atoms with E-state index < -0.39 is 10.0 Å². The number of carbonyl (C=O) groups is 1. The lowest BCUT2D eigenvalue weighted by Gasteiger charge is -2.43. The summed E-state index contributed by atoms with van der Waals surface area (Å²) in [6.45, 7) is 6.37. The number of nitrogens with zero attached hydrogens (tertiary/aromatic N) is 5. The summed E-state index contributed by atoms with van der Waals surface area (Å²) in [6.07, 6.45) is 6.80. The number of piperazine rings is 2. The predicted octanol–water partition coefficient (Wildman–Crippen LogP) is 1.85. The summed E-state index contributed by atoms with van der Waals surface area (Å²) >= 11 is 0. The monoisotopic (exact) mass is 502 g/mol. The van der Waals surface area contributed by atoms with E-state index >= 15 is 0 Å². The third-order valence-corrected chi connectivity index (χ3v) is 10.3. The van der Waals surface area contributed by atoms with Crippen molar-refractivity contribution in [3.63, 3.8) is 0 Å². The minimum atomic E-state index is -3.16. The molecule has 1 aromatic rings. The zero-order valence-corrected chi connectivity index (χ0v) is 21.5. The van der Waals surface area contributed by atoms with Crippen molar-refractivity contribution in [3.8, 4) is 0 Å². The van der Waals surface area contributed by atoms with Crippen LogP contribution in [0, 0.1) is 11.8 Å². The molecule has 5 fully saturated rings. The summed E-state index contributed by atoms with van der Waals surface area (Å²) in [4.78, 5) is 24.8. The summed E-state index contributed by atoms with van der Waals surface area (Å²) in [5, 5.41) is 0. The van der Waals surface area contributed by atoms with Crippen LogP contribution in [-0.4, -0.2) is 86.1 Å². The van der Waals surface area contributed by atoms with E-state index in [2.05, 4.69) is 20.8 Å². The first kappa shape index (κ1) is 23.3. The van der Waals surface area contributed by atoms with E-state index in [0.29, 0.717) is 49.6 Å². The Hall–Kier alpha value is -2.07. The van der Waals surface area contributed by atoms with Crippen LogP contribution in [0.3, 0.4) is 0 Å². The minimum absolute atomic E-state index is 0.144. The number of hydrogen-bond acceptors (Lipinski definition) is 7. The van der Waals surface area contributed by atoms with Gasteiger partial charge in [0.25, 0.3) is 0 Å². The lowest BCUT2D eigenvalue weighted by molar-refractivity contribution is -0.135. The van der Waals surface area contributed by atoms with Gasteiger partial charge in [0.05, 0.1) is 28.9 Å². The van der Waals surface area contributed by atoms with Gasteiger partial charge in [-0.15, -0.1) is 0 Å². The Morgan fingerprint density at radius 2 is 1.69 bits per heavy atom. The maximum Gasteiger partial charge on any atom is 0.226 e. The van der Waals surface area contributed by atoms with E-state index in [4.69, 9.17) is 10.7 Å². The van der Waals surface area contributed by atoms with E-state index in [0.717, 1.165) is 62.5 Å². The van der Waals surface area contributed by atoms with Gasteiger partial charge in [-0.05, 0) is 57.4 Å². The number of nitrogen functional groups attached to an aromatic ring is 1. The second-order valence-electron chi connectivity index (χ2n) is 11.0. The maximum absolute atomic E-state index is 12.9. The van der Waals surface area contributed by atoms with Crippen LogP contribution in [0.1, 0.15) is 57.1 Å². The van der Waals surface area contributed by atoms with E-state index in [1.54, 1.807) is 11.2 Å². The van der Waals surface area contributed by atoms with Gasteiger partial charge in [0.15, 0.2) is 5.82 Å². The molecule has 3 heterocycles. The predicted molar refractivity (Wildman–Crippen MR) is 137 cm³/mol. The number of rotatable bonds is 7. The topological polar surface area (TPSA) is 103 Å². The highest BCUT2D eigenvalue weighted by atomic mass is 32.2. The van der Waals surface area contributed by atoms with E-state index in [9.17, 15) is 13.2 Å². The normalized spacial score (nSPS) is 26.3. The summed E-state index contributed by atoms with van der Waals surface area (Å²) in [7, 11) is -3.16. The maximum atomic E-state index is 12.9. The molecule has 6 rings (SSSR count). The van der Waals surface area contributed by atoms with Crippen molar-refractivity contribution in [2.45, 2.75) is 57.4 Å². The highest BCUT2D eigenvalue weighted by Crippen LogP contribution is 2.46. The van der Waals surface area contributed by atoms with Gasteiger partial charge in [0.1, 0.15) is 0 Å². The average Bonchev–Trinajstić information content (AvgIpc) is 3.73. The Kier molecular flexibility index (Phi) is 5.86. The van der Waals surface area contributed by atoms with Crippen molar-refractivity contribution in [2.24, 2.45) is 11.8 Å². The summed E-state index contributed by atoms with van der Waals surface area (Å²) in [6, 6.07) is 2.35. The number of pyridine rings is 1. The van der Waals surface area contributed by atoms with Gasteiger partial charge in [-0.3, -0.25) is 4.79 Å². The van der Waals surface area contributed by atoms with Gasteiger partial charge in [-0.1, -0.05) is 0 Å². The number of hydrogen-bond donors (Lipinski definition) is 1. The molecule has 0 spiro atoms. The molecule has 0 aromatic carbocycles. The van der Waals surface area contributed by atoms with E-state index in [-0.39, 0.29) is 17.7 Å². The van der Waals surface area contributed by atoms with Crippen molar-refractivity contribution in [2.75, 3.05) is 67.1 Å². The third-order valence-electron chi connectivity index (χ3n) is 8.43. The lowest BCUT2D eigenvalue weighted by Crippen LogP contribution is -2.57. The Morgan fingerprint density at radius 1 is 1.00 bits per heavy atom. The molecule has 192 valence electrons. The molecular weight excluding hydrogens is 464 g/mol. The van der Waals surface area contributed by atoms with Crippen molar-refractivity contribution in [1.82, 2.24) is 14.2 Å². The van der Waals surface area contributed by atoms with Crippen molar-refractivity contribution >= 4 is 33.1 Å². The molecule has 2 aliphatic heterocycles. The molecule has 3 saturated carbocycles. The number of sulfonamides is 1. The van der Waals surface area contributed by atoms with E-state index in [1.165, 1.54) is 12.8 Å². The number of aromatic nitrogens is 1. The van der Waals surface area contributed by atoms with Crippen LogP contribution in [0.25, 0.3) is 0 Å². The lowest BCUT2D eigenvalue weighted by atomic mass is 10.1. The molecule has 10 heteroatoms. The molecule has 5 aliphatic rings. The number of nitrogens with two attached hydrogens (primary N) is 1. The quantitative estimate of drug-likeness (QED) is 0.607. The SMILES string of the molecule is CCS(=O)(=O)N1CCN(c2cc(N)c(N3CCN(C(=O)C4CC4)[C@H](C4CC4)C3)nc2C2CC2)CC1. The minimum Gasteiger partial charge on any atom is -0.396 e. The standard InChI is InChI=1S/C25H38N6O3S/c1-2-35(33,34)30-12-9-28(10-13-30)21-15-20(26)24(27-23(21)18-5-6-18)29-11-14-31(25(32)19-7-8-19)22(16-29)17-3-4-17/h15,17-19,22H,2-14,16,26H2,1H3/t22-/m0/s1. The molecule has 0 bridgehead atoms. The first-order chi connectivity index (χ1) is 16.9. The van der Waals surface area contributed by atoms with E-state index in [1.807, 2.05) is 0 Å². The molecule has 35 heavy (non-hydrogen) atoms. The molecule has 1 atom stereocenters. The Morgan fingerprint density at radius 3 is 2.29 bits per heavy atom. The molecule has 2 saturated heterocycles. The number of anilines is 3. The van der Waals surface area contributed by atoms with Crippen LogP contribution in [0.15, 0.2) is 6.07 Å². The first-order valence-electron chi connectivity index (χ1n) is 13.4. The second kappa shape index (κ2) is 8.80. The number of amides is 1. The molecular formula is C25H38N6O3S. The van der Waals surface area contributed by atoms with Crippen LogP contribution in [0.4, 0.5) is 17.2 Å². The van der Waals surface area contributed by atoms with Crippen molar-refractivity contribution < 1.29 is 13.2 Å². The average molecular weight is 503 g/mol. The molecule has 9 nitrogen and oxygen atoms in total. The van der Waals surface area contributed by atoms with Gasteiger partial charge in [0.2, 0.25) is 15.9 Å². The fourth-order valence-corrected chi connectivity index (χ4v) is 6.89. The van der Waals surface area contributed by atoms with Gasteiger partial charge < -0.3 is 20.4 Å². The molecule has 1 amide bonds. The van der Waals surface area contributed by atoms with Gasteiger partial charge >= 0.3 is 0 Å². The first-order valence-corrected chi connectivity index (χ1v) is 15.0. The van der Waals surface area contributed by atoms with Crippen LogP contribution in [0.5, 0.6) is 0 Å². The summed E-state index contributed by atoms with van der Waals surface area (Å²) in [5.41, 5.74) is 9.51. The van der Waals surface area contributed by atoms with Crippen LogP contribution in [0.2, 0.25) is 0 Å².